The second kappa shape index (κ2) is 5.46. The Morgan fingerprint density at radius 2 is 1.67 bits per heavy atom. The van der Waals surface area contributed by atoms with Crippen LogP contribution in [-0.2, 0) is 0 Å². The molecule has 3 aromatic carbocycles. The van der Waals surface area contributed by atoms with Crippen LogP contribution in [0.3, 0.4) is 0 Å². The molecule has 104 valence electrons. The number of carbonyl (C=O) groups is 1. The minimum Gasteiger partial charge on any atom is -0.506 e. The van der Waals surface area contributed by atoms with Crippen molar-refractivity contribution in [3.63, 3.8) is 0 Å². The molecule has 0 atom stereocenters. The van der Waals surface area contributed by atoms with E-state index in [1.54, 1.807) is 42.5 Å². The summed E-state index contributed by atoms with van der Waals surface area (Å²) >= 11 is 5.95. The summed E-state index contributed by atoms with van der Waals surface area (Å²) in [6.07, 6.45) is 0. The molecule has 0 radical (unpaired) electrons. The summed E-state index contributed by atoms with van der Waals surface area (Å²) in [6.45, 7) is 0. The molecule has 0 spiro atoms. The lowest BCUT2D eigenvalue weighted by Gasteiger charge is -2.09. The Balaban J connectivity index is 1.99. The first kappa shape index (κ1) is 13.5. The average Bonchev–Trinajstić information content (AvgIpc) is 2.50. The van der Waals surface area contributed by atoms with Gasteiger partial charge in [-0.05, 0) is 23.6 Å². The van der Waals surface area contributed by atoms with E-state index in [-0.39, 0.29) is 17.1 Å². The second-order valence-electron chi connectivity index (χ2n) is 4.50. The normalized spacial score (nSPS) is 10.5. The summed E-state index contributed by atoms with van der Waals surface area (Å²) in [5.41, 5.74) is 0.105. The molecule has 3 aromatic rings. The molecule has 3 rings (SSSR count). The second-order valence-corrected chi connectivity index (χ2v) is 4.91. The maximum Gasteiger partial charge on any atom is 0.347 e. The van der Waals surface area contributed by atoms with E-state index >= 15 is 0 Å². The highest BCUT2D eigenvalue weighted by Crippen LogP contribution is 2.30. The largest absolute Gasteiger partial charge is 0.506 e. The summed E-state index contributed by atoms with van der Waals surface area (Å²) in [7, 11) is 0. The lowest BCUT2D eigenvalue weighted by atomic mass is 10.1. The van der Waals surface area contributed by atoms with Gasteiger partial charge >= 0.3 is 5.97 Å². The monoisotopic (exact) mass is 298 g/mol. The van der Waals surface area contributed by atoms with E-state index in [2.05, 4.69) is 0 Å². The van der Waals surface area contributed by atoms with Crippen LogP contribution in [0.4, 0.5) is 0 Å². The molecule has 0 fully saturated rings. The van der Waals surface area contributed by atoms with E-state index in [9.17, 15) is 9.90 Å². The van der Waals surface area contributed by atoms with Crippen molar-refractivity contribution in [3.05, 3.63) is 71.2 Å². The Bertz CT molecular complexity index is 827. The average molecular weight is 299 g/mol. The van der Waals surface area contributed by atoms with Crippen LogP contribution in [-0.4, -0.2) is 11.1 Å². The molecule has 3 nitrogen and oxygen atoms in total. The van der Waals surface area contributed by atoms with Crippen molar-refractivity contribution in [1.82, 2.24) is 0 Å². The number of ether oxygens (including phenoxy) is 1. The number of para-hydroxylation sites is 1. The van der Waals surface area contributed by atoms with Crippen LogP contribution >= 0.6 is 11.6 Å². The Morgan fingerprint density at radius 3 is 2.48 bits per heavy atom. The van der Waals surface area contributed by atoms with Gasteiger partial charge in [-0.25, -0.2) is 4.79 Å². The third kappa shape index (κ3) is 2.56. The van der Waals surface area contributed by atoms with Crippen molar-refractivity contribution in [2.45, 2.75) is 0 Å². The van der Waals surface area contributed by atoms with Crippen LogP contribution < -0.4 is 4.74 Å². The Hall–Kier alpha value is -2.52. The first-order chi connectivity index (χ1) is 10.2. The van der Waals surface area contributed by atoms with Gasteiger partial charge in [-0.1, -0.05) is 54.1 Å². The van der Waals surface area contributed by atoms with Gasteiger partial charge in [0.2, 0.25) is 0 Å². The summed E-state index contributed by atoms with van der Waals surface area (Å²) in [5, 5.41) is 12.0. The highest BCUT2D eigenvalue weighted by atomic mass is 35.5. The van der Waals surface area contributed by atoms with Crippen molar-refractivity contribution < 1.29 is 14.6 Å². The fraction of sp³-hybridized carbons (Fsp3) is 0. The molecule has 21 heavy (non-hydrogen) atoms. The summed E-state index contributed by atoms with van der Waals surface area (Å²) in [4.78, 5) is 12.2. The Morgan fingerprint density at radius 1 is 0.952 bits per heavy atom. The minimum absolute atomic E-state index is 0.0925. The molecule has 0 aromatic heterocycles. The van der Waals surface area contributed by atoms with E-state index in [4.69, 9.17) is 16.3 Å². The SMILES string of the molecule is O=C(Oc1ccccc1Cl)c1ccc2ccccc2c1O. The van der Waals surface area contributed by atoms with Gasteiger partial charge in [0, 0.05) is 5.39 Å². The zero-order valence-electron chi connectivity index (χ0n) is 10.9. The van der Waals surface area contributed by atoms with Crippen molar-refractivity contribution >= 4 is 28.3 Å². The number of halogens is 1. The summed E-state index contributed by atoms with van der Waals surface area (Å²) in [5.74, 6) is -0.478. The van der Waals surface area contributed by atoms with Crippen molar-refractivity contribution in [2.24, 2.45) is 0 Å². The van der Waals surface area contributed by atoms with E-state index in [1.807, 2.05) is 12.1 Å². The molecule has 0 unspecified atom stereocenters. The number of fused-ring (bicyclic) bond motifs is 1. The number of hydrogen-bond acceptors (Lipinski definition) is 3. The molecule has 1 N–H and O–H groups in total. The molecule has 0 aliphatic rings. The van der Waals surface area contributed by atoms with Gasteiger partial charge in [0.25, 0.3) is 0 Å². The van der Waals surface area contributed by atoms with Crippen LogP contribution in [0.5, 0.6) is 11.5 Å². The zero-order chi connectivity index (χ0) is 14.8. The number of hydrogen-bond donors (Lipinski definition) is 1. The maximum absolute atomic E-state index is 12.2. The topological polar surface area (TPSA) is 46.5 Å². The number of rotatable bonds is 2. The summed E-state index contributed by atoms with van der Waals surface area (Å²) in [6, 6.07) is 17.3. The number of phenolic OH excluding ortho intramolecular Hbond substituents is 1. The van der Waals surface area contributed by atoms with Gasteiger partial charge in [-0.2, -0.15) is 0 Å². The van der Waals surface area contributed by atoms with Gasteiger partial charge in [-0.15, -0.1) is 0 Å². The van der Waals surface area contributed by atoms with E-state index in [0.717, 1.165) is 5.39 Å². The minimum atomic E-state index is -0.647. The third-order valence-corrected chi connectivity index (χ3v) is 3.47. The maximum atomic E-state index is 12.2. The standard InChI is InChI=1S/C17H11ClO3/c18-14-7-3-4-8-15(14)21-17(20)13-10-9-11-5-1-2-6-12(11)16(13)19/h1-10,19H. The fourth-order valence-electron chi connectivity index (χ4n) is 2.10. The predicted molar refractivity (Wildman–Crippen MR) is 82.0 cm³/mol. The third-order valence-electron chi connectivity index (χ3n) is 3.16. The molecular formula is C17H11ClO3. The van der Waals surface area contributed by atoms with Crippen molar-refractivity contribution in [3.8, 4) is 11.5 Å². The van der Waals surface area contributed by atoms with Gasteiger partial charge in [0.1, 0.15) is 17.1 Å². The molecule has 0 aliphatic heterocycles. The highest BCUT2D eigenvalue weighted by Gasteiger charge is 2.16. The van der Waals surface area contributed by atoms with Crippen LogP contribution in [0.2, 0.25) is 5.02 Å². The van der Waals surface area contributed by atoms with E-state index < -0.39 is 5.97 Å². The van der Waals surface area contributed by atoms with E-state index in [0.29, 0.717) is 10.4 Å². The molecule has 0 saturated carbocycles. The highest BCUT2D eigenvalue weighted by molar-refractivity contribution is 6.32. The number of carbonyl (C=O) groups excluding carboxylic acids is 1. The zero-order valence-corrected chi connectivity index (χ0v) is 11.7. The first-order valence-electron chi connectivity index (χ1n) is 6.34. The lowest BCUT2D eigenvalue weighted by molar-refractivity contribution is 0.0732. The van der Waals surface area contributed by atoms with Gasteiger partial charge in [-0.3, -0.25) is 0 Å². The number of aromatic hydroxyl groups is 1. The first-order valence-corrected chi connectivity index (χ1v) is 6.72. The van der Waals surface area contributed by atoms with Gasteiger partial charge < -0.3 is 9.84 Å². The number of phenols is 1. The molecule has 4 heteroatoms. The van der Waals surface area contributed by atoms with Gasteiger partial charge in [0.05, 0.1) is 5.02 Å². The van der Waals surface area contributed by atoms with Crippen molar-refractivity contribution in [1.29, 1.82) is 0 Å². The van der Waals surface area contributed by atoms with Gasteiger partial charge in [0.15, 0.2) is 0 Å². The lowest BCUT2D eigenvalue weighted by Crippen LogP contribution is -2.09. The predicted octanol–water partition coefficient (Wildman–Crippen LogP) is 4.42. The van der Waals surface area contributed by atoms with Crippen LogP contribution in [0.15, 0.2) is 60.7 Å². The van der Waals surface area contributed by atoms with Crippen LogP contribution in [0, 0.1) is 0 Å². The molecule has 0 saturated heterocycles. The quantitative estimate of drug-likeness (QED) is 0.563. The Labute approximate surface area is 126 Å². The summed E-state index contributed by atoms with van der Waals surface area (Å²) < 4.78 is 5.23. The molecule has 0 heterocycles. The van der Waals surface area contributed by atoms with Crippen molar-refractivity contribution in [2.75, 3.05) is 0 Å². The van der Waals surface area contributed by atoms with E-state index in [1.165, 1.54) is 6.07 Å². The molecular weight excluding hydrogens is 288 g/mol. The smallest absolute Gasteiger partial charge is 0.347 e. The fourth-order valence-corrected chi connectivity index (χ4v) is 2.28. The number of esters is 1. The molecule has 0 amide bonds. The Kier molecular flexibility index (Phi) is 3.50. The van der Waals surface area contributed by atoms with Crippen LogP contribution in [0.25, 0.3) is 10.8 Å². The van der Waals surface area contributed by atoms with Crippen LogP contribution in [0.1, 0.15) is 10.4 Å². The molecule has 0 bridgehead atoms. The number of benzene rings is 3. The molecule has 0 aliphatic carbocycles.